The highest BCUT2D eigenvalue weighted by molar-refractivity contribution is 5.93. The number of amides is 1. The number of hydrogen-bond acceptors (Lipinski definition) is 5. The van der Waals surface area contributed by atoms with Gasteiger partial charge >= 0.3 is 5.97 Å². The number of ether oxygens (including phenoxy) is 1. The zero-order chi connectivity index (χ0) is 18.3. The molecule has 2 saturated heterocycles. The molecule has 2 bridgehead atoms. The summed E-state index contributed by atoms with van der Waals surface area (Å²) in [6.45, 7) is 2.75. The minimum atomic E-state index is -0.134. The van der Waals surface area contributed by atoms with Gasteiger partial charge in [0.1, 0.15) is 0 Å². The zero-order valence-corrected chi connectivity index (χ0v) is 15.7. The van der Waals surface area contributed by atoms with Gasteiger partial charge in [0.05, 0.1) is 18.7 Å². The van der Waals surface area contributed by atoms with E-state index < -0.39 is 0 Å². The van der Waals surface area contributed by atoms with Gasteiger partial charge in [-0.15, -0.1) is 0 Å². The van der Waals surface area contributed by atoms with Crippen LogP contribution in [0.3, 0.4) is 0 Å². The predicted octanol–water partition coefficient (Wildman–Crippen LogP) is 1.66. The Morgan fingerprint density at radius 1 is 1.15 bits per heavy atom. The van der Waals surface area contributed by atoms with Crippen LogP contribution in [0, 0.1) is 5.92 Å². The van der Waals surface area contributed by atoms with Crippen molar-refractivity contribution in [1.29, 1.82) is 0 Å². The van der Waals surface area contributed by atoms with E-state index in [1.165, 1.54) is 7.11 Å². The summed E-state index contributed by atoms with van der Waals surface area (Å²) < 4.78 is 6.94. The predicted molar refractivity (Wildman–Crippen MR) is 95.5 cm³/mol. The molecule has 7 nitrogen and oxygen atoms in total. The molecule has 4 heterocycles. The van der Waals surface area contributed by atoms with E-state index in [0.29, 0.717) is 18.5 Å². The second kappa shape index (κ2) is 7.02. The van der Waals surface area contributed by atoms with Crippen LogP contribution in [0.5, 0.6) is 0 Å². The van der Waals surface area contributed by atoms with Crippen molar-refractivity contribution in [2.24, 2.45) is 5.92 Å². The van der Waals surface area contributed by atoms with Crippen LogP contribution in [0.15, 0.2) is 6.07 Å². The molecule has 4 rings (SSSR count). The Labute approximate surface area is 154 Å². The Morgan fingerprint density at radius 2 is 1.88 bits per heavy atom. The maximum absolute atomic E-state index is 13.3. The number of hydrogen-bond donors (Lipinski definition) is 0. The van der Waals surface area contributed by atoms with Crippen LogP contribution in [0.1, 0.15) is 54.7 Å². The van der Waals surface area contributed by atoms with Crippen LogP contribution in [-0.2, 0) is 22.6 Å². The molecule has 2 fully saturated rings. The standard InChI is InChI=1S/C19H28N4O3/c1-21-7-4-8-22-16(12-21)11-17(20-22)18(24)23-14-5-3-6-15(23)10-13(9-14)19(25)26-2/h11,13-15H,3-10,12H2,1-2H3. The zero-order valence-electron chi connectivity index (χ0n) is 15.7. The van der Waals surface area contributed by atoms with Crippen LogP contribution in [0.4, 0.5) is 0 Å². The topological polar surface area (TPSA) is 67.7 Å². The molecule has 2 atom stereocenters. The van der Waals surface area contributed by atoms with Crippen LogP contribution < -0.4 is 0 Å². The van der Waals surface area contributed by atoms with Gasteiger partial charge in [0.2, 0.25) is 0 Å². The van der Waals surface area contributed by atoms with Gasteiger partial charge in [-0.25, -0.2) is 0 Å². The van der Waals surface area contributed by atoms with Crippen molar-refractivity contribution in [2.75, 3.05) is 20.7 Å². The highest BCUT2D eigenvalue weighted by atomic mass is 16.5. The molecule has 1 amide bonds. The number of carbonyl (C=O) groups excluding carboxylic acids is 2. The molecule has 0 N–H and O–H groups in total. The molecule has 2 unspecified atom stereocenters. The second-order valence-electron chi connectivity index (χ2n) is 7.98. The quantitative estimate of drug-likeness (QED) is 0.751. The van der Waals surface area contributed by atoms with Gasteiger partial charge in [0.15, 0.2) is 5.69 Å². The number of fused-ring (bicyclic) bond motifs is 3. The van der Waals surface area contributed by atoms with Crippen LogP contribution in [-0.4, -0.2) is 64.2 Å². The first kappa shape index (κ1) is 17.5. The molecule has 0 aliphatic carbocycles. The summed E-state index contributed by atoms with van der Waals surface area (Å²) in [5.74, 6) is -0.177. The van der Waals surface area contributed by atoms with E-state index in [0.717, 1.165) is 51.0 Å². The minimum Gasteiger partial charge on any atom is -0.469 e. The third kappa shape index (κ3) is 3.13. The molecule has 142 valence electrons. The number of esters is 1. The Morgan fingerprint density at radius 3 is 2.58 bits per heavy atom. The lowest BCUT2D eigenvalue weighted by Crippen LogP contribution is -2.55. The fourth-order valence-corrected chi connectivity index (χ4v) is 4.93. The molecular formula is C19H28N4O3. The Hall–Kier alpha value is -1.89. The number of aromatic nitrogens is 2. The number of carbonyl (C=O) groups is 2. The number of methoxy groups -OCH3 is 1. The van der Waals surface area contributed by atoms with E-state index in [1.807, 2.05) is 15.6 Å². The lowest BCUT2D eigenvalue weighted by atomic mass is 9.78. The summed E-state index contributed by atoms with van der Waals surface area (Å²) in [5.41, 5.74) is 1.67. The van der Waals surface area contributed by atoms with E-state index in [4.69, 9.17) is 4.74 Å². The third-order valence-corrected chi connectivity index (χ3v) is 6.17. The summed E-state index contributed by atoms with van der Waals surface area (Å²) >= 11 is 0. The van der Waals surface area contributed by atoms with Crippen molar-refractivity contribution in [3.05, 3.63) is 17.5 Å². The first-order valence-electron chi connectivity index (χ1n) is 9.72. The summed E-state index contributed by atoms with van der Waals surface area (Å²) in [6, 6.07) is 2.22. The molecule has 3 aliphatic heterocycles. The lowest BCUT2D eigenvalue weighted by molar-refractivity contribution is -0.149. The van der Waals surface area contributed by atoms with Gasteiger partial charge in [0, 0.05) is 31.7 Å². The molecule has 0 radical (unpaired) electrons. The van der Waals surface area contributed by atoms with Gasteiger partial charge in [0.25, 0.3) is 5.91 Å². The number of rotatable bonds is 2. The van der Waals surface area contributed by atoms with Crippen LogP contribution in [0.25, 0.3) is 0 Å². The van der Waals surface area contributed by atoms with E-state index in [9.17, 15) is 9.59 Å². The molecule has 26 heavy (non-hydrogen) atoms. The van der Waals surface area contributed by atoms with Gasteiger partial charge < -0.3 is 14.5 Å². The minimum absolute atomic E-state index is 0.0336. The Balaban J connectivity index is 1.55. The monoisotopic (exact) mass is 360 g/mol. The third-order valence-electron chi connectivity index (χ3n) is 6.17. The van der Waals surface area contributed by atoms with Crippen molar-refractivity contribution in [3.8, 4) is 0 Å². The highest BCUT2D eigenvalue weighted by Gasteiger charge is 2.44. The number of nitrogens with zero attached hydrogens (tertiary/aromatic N) is 4. The summed E-state index contributed by atoms with van der Waals surface area (Å²) in [6.07, 6.45) is 5.53. The second-order valence-corrected chi connectivity index (χ2v) is 7.98. The van der Waals surface area contributed by atoms with Gasteiger partial charge in [-0.2, -0.15) is 5.10 Å². The normalized spacial score (nSPS) is 29.0. The Kier molecular flexibility index (Phi) is 4.73. The molecule has 1 aromatic rings. The van der Waals surface area contributed by atoms with Crippen LogP contribution >= 0.6 is 0 Å². The van der Waals surface area contributed by atoms with Gasteiger partial charge in [-0.1, -0.05) is 0 Å². The molecule has 0 aromatic carbocycles. The summed E-state index contributed by atoms with van der Waals surface area (Å²) in [4.78, 5) is 29.6. The fraction of sp³-hybridized carbons (Fsp3) is 0.737. The number of piperidine rings is 2. The van der Waals surface area contributed by atoms with Crippen molar-refractivity contribution >= 4 is 11.9 Å². The molecule has 0 saturated carbocycles. The van der Waals surface area contributed by atoms with Crippen molar-refractivity contribution in [2.45, 2.75) is 63.7 Å². The summed E-state index contributed by atoms with van der Waals surface area (Å²) in [7, 11) is 3.55. The van der Waals surface area contributed by atoms with Crippen molar-refractivity contribution in [3.63, 3.8) is 0 Å². The lowest BCUT2D eigenvalue weighted by Gasteiger charge is -2.47. The maximum atomic E-state index is 13.3. The van der Waals surface area contributed by atoms with E-state index in [1.54, 1.807) is 0 Å². The molecule has 1 aromatic heterocycles. The molecular weight excluding hydrogens is 332 g/mol. The fourth-order valence-electron chi connectivity index (χ4n) is 4.93. The van der Waals surface area contributed by atoms with E-state index in [2.05, 4.69) is 17.0 Å². The van der Waals surface area contributed by atoms with Crippen molar-refractivity contribution in [1.82, 2.24) is 19.6 Å². The SMILES string of the molecule is COC(=O)C1CC2CCCC(C1)N2C(=O)c1cc2n(n1)CCCN(C)C2. The number of aryl methyl sites for hydroxylation is 1. The van der Waals surface area contributed by atoms with Gasteiger partial charge in [-0.05, 0) is 51.6 Å². The molecule has 0 spiro atoms. The summed E-state index contributed by atoms with van der Waals surface area (Å²) in [5, 5.41) is 4.63. The largest absolute Gasteiger partial charge is 0.469 e. The first-order valence-corrected chi connectivity index (χ1v) is 9.72. The first-order chi connectivity index (χ1) is 12.6. The van der Waals surface area contributed by atoms with E-state index in [-0.39, 0.29) is 29.9 Å². The van der Waals surface area contributed by atoms with Crippen molar-refractivity contribution < 1.29 is 14.3 Å². The molecule has 3 aliphatic rings. The molecule has 7 heteroatoms. The average Bonchev–Trinajstić information content (AvgIpc) is 2.93. The average molecular weight is 360 g/mol. The highest BCUT2D eigenvalue weighted by Crippen LogP contribution is 2.38. The van der Waals surface area contributed by atoms with Gasteiger partial charge in [-0.3, -0.25) is 14.3 Å². The smallest absolute Gasteiger partial charge is 0.308 e. The van der Waals surface area contributed by atoms with E-state index >= 15 is 0 Å². The maximum Gasteiger partial charge on any atom is 0.308 e. The Bertz CT molecular complexity index is 687. The van der Waals surface area contributed by atoms with Crippen LogP contribution in [0.2, 0.25) is 0 Å².